The Bertz CT molecular complexity index is 584. The van der Waals surface area contributed by atoms with E-state index in [0.29, 0.717) is 5.82 Å². The molecule has 1 aromatic carbocycles. The average Bonchev–Trinajstić information content (AvgIpc) is 2.64. The normalized spacial score (nSPS) is 11.8. The largest absolute Gasteiger partial charge is 0.506 e. The van der Waals surface area contributed by atoms with Gasteiger partial charge >= 0.3 is 0 Å². The van der Waals surface area contributed by atoms with E-state index in [1.54, 1.807) is 16.8 Å². The number of benzene rings is 1. The Hall–Kier alpha value is -1.68. The maximum atomic E-state index is 9.40. The molecule has 18 heavy (non-hydrogen) atoms. The van der Waals surface area contributed by atoms with Gasteiger partial charge in [0, 0.05) is 11.5 Å². The van der Waals surface area contributed by atoms with Gasteiger partial charge in [0.05, 0.1) is 16.4 Å². The van der Waals surface area contributed by atoms with E-state index >= 15 is 0 Å². The summed E-state index contributed by atoms with van der Waals surface area (Å²) in [7, 11) is 0. The van der Waals surface area contributed by atoms with E-state index in [4.69, 9.17) is 17.3 Å². The van der Waals surface area contributed by atoms with Crippen LogP contribution in [0, 0.1) is 0 Å². The quantitative estimate of drug-likeness (QED) is 0.833. The average molecular weight is 266 g/mol. The molecule has 0 aliphatic carbocycles. The molecule has 96 valence electrons. The minimum absolute atomic E-state index is 0.0437. The molecule has 0 unspecified atom stereocenters. The number of hydrogen-bond acceptors (Lipinski definition) is 3. The molecular formula is C13H16ClN3O. The van der Waals surface area contributed by atoms with Crippen molar-refractivity contribution in [1.29, 1.82) is 0 Å². The molecular weight excluding hydrogens is 250 g/mol. The number of rotatable bonds is 1. The first kappa shape index (κ1) is 12.8. The summed E-state index contributed by atoms with van der Waals surface area (Å²) in [6.45, 7) is 6.22. The summed E-state index contributed by atoms with van der Waals surface area (Å²) in [5.41, 5.74) is 7.52. The molecule has 1 aromatic heterocycles. The third kappa shape index (κ3) is 2.29. The maximum Gasteiger partial charge on any atom is 0.134 e. The van der Waals surface area contributed by atoms with Crippen LogP contribution >= 0.6 is 11.6 Å². The van der Waals surface area contributed by atoms with Crippen molar-refractivity contribution in [1.82, 2.24) is 9.78 Å². The first-order valence-electron chi connectivity index (χ1n) is 5.64. The molecule has 5 heteroatoms. The van der Waals surface area contributed by atoms with Gasteiger partial charge in [-0.25, -0.2) is 4.68 Å². The lowest BCUT2D eigenvalue weighted by Gasteiger charge is -2.14. The van der Waals surface area contributed by atoms with Crippen LogP contribution in [0.4, 0.5) is 5.82 Å². The minimum Gasteiger partial charge on any atom is -0.506 e. The number of aromatic nitrogens is 2. The zero-order chi connectivity index (χ0) is 13.5. The fourth-order valence-corrected chi connectivity index (χ4v) is 1.77. The molecule has 4 nitrogen and oxygen atoms in total. The zero-order valence-corrected chi connectivity index (χ0v) is 11.4. The van der Waals surface area contributed by atoms with E-state index in [2.05, 4.69) is 25.9 Å². The second-order valence-corrected chi connectivity index (χ2v) is 5.66. The molecule has 0 aliphatic heterocycles. The molecule has 0 saturated carbocycles. The second kappa shape index (κ2) is 4.21. The van der Waals surface area contributed by atoms with Crippen molar-refractivity contribution in [3.05, 3.63) is 35.0 Å². The van der Waals surface area contributed by atoms with Crippen molar-refractivity contribution >= 4 is 17.4 Å². The molecule has 0 spiro atoms. The number of nitrogens with two attached hydrogens (primary N) is 1. The SMILES string of the molecule is CC(C)(C)c1cc(N)n(-c2ccc(O)c(Cl)c2)n1. The Labute approximate surface area is 111 Å². The Balaban J connectivity index is 2.51. The number of halogens is 1. The van der Waals surface area contributed by atoms with Crippen molar-refractivity contribution < 1.29 is 5.11 Å². The molecule has 0 amide bonds. The number of aromatic hydroxyl groups is 1. The summed E-state index contributed by atoms with van der Waals surface area (Å²) in [6, 6.07) is 6.72. The summed E-state index contributed by atoms with van der Waals surface area (Å²) in [4.78, 5) is 0. The van der Waals surface area contributed by atoms with Crippen LogP contribution in [0.25, 0.3) is 5.69 Å². The van der Waals surface area contributed by atoms with Crippen molar-refractivity contribution in [3.8, 4) is 11.4 Å². The van der Waals surface area contributed by atoms with E-state index < -0.39 is 0 Å². The molecule has 3 N–H and O–H groups in total. The Morgan fingerprint density at radius 2 is 1.94 bits per heavy atom. The van der Waals surface area contributed by atoms with Gasteiger partial charge < -0.3 is 10.8 Å². The number of anilines is 1. The van der Waals surface area contributed by atoms with Gasteiger partial charge in [-0.2, -0.15) is 5.10 Å². The fourth-order valence-electron chi connectivity index (χ4n) is 1.60. The molecule has 2 aromatic rings. The van der Waals surface area contributed by atoms with Gasteiger partial charge in [0.25, 0.3) is 0 Å². The van der Waals surface area contributed by atoms with Gasteiger partial charge in [0.15, 0.2) is 0 Å². The van der Waals surface area contributed by atoms with Gasteiger partial charge in [0.2, 0.25) is 0 Å². The molecule has 0 bridgehead atoms. The van der Waals surface area contributed by atoms with Crippen LogP contribution in [0.15, 0.2) is 24.3 Å². The topological polar surface area (TPSA) is 64.1 Å². The summed E-state index contributed by atoms with van der Waals surface area (Å²) in [5, 5.41) is 14.2. The van der Waals surface area contributed by atoms with Gasteiger partial charge in [-0.3, -0.25) is 0 Å². The molecule has 0 radical (unpaired) electrons. The molecule has 1 heterocycles. The van der Waals surface area contributed by atoms with Crippen LogP contribution in [0.2, 0.25) is 5.02 Å². The van der Waals surface area contributed by atoms with Crippen LogP contribution in [-0.4, -0.2) is 14.9 Å². The highest BCUT2D eigenvalue weighted by atomic mass is 35.5. The van der Waals surface area contributed by atoms with E-state index in [-0.39, 0.29) is 16.2 Å². The lowest BCUT2D eigenvalue weighted by atomic mass is 9.92. The molecule has 0 fully saturated rings. The highest BCUT2D eigenvalue weighted by Gasteiger charge is 2.19. The molecule has 0 aliphatic rings. The van der Waals surface area contributed by atoms with Crippen LogP contribution in [0.1, 0.15) is 26.5 Å². The number of nitrogen functional groups attached to an aromatic ring is 1. The Kier molecular flexibility index (Phi) is 2.99. The summed E-state index contributed by atoms with van der Waals surface area (Å²) >= 11 is 5.88. The van der Waals surface area contributed by atoms with E-state index in [9.17, 15) is 5.11 Å². The molecule has 2 rings (SSSR count). The van der Waals surface area contributed by atoms with Crippen LogP contribution in [-0.2, 0) is 5.41 Å². The zero-order valence-electron chi connectivity index (χ0n) is 10.6. The highest BCUT2D eigenvalue weighted by molar-refractivity contribution is 6.32. The number of phenolic OH excluding ortho intramolecular Hbond substituents is 1. The van der Waals surface area contributed by atoms with Gasteiger partial charge in [-0.15, -0.1) is 0 Å². The van der Waals surface area contributed by atoms with E-state index in [0.717, 1.165) is 11.4 Å². The van der Waals surface area contributed by atoms with E-state index in [1.807, 2.05) is 6.07 Å². The first-order valence-corrected chi connectivity index (χ1v) is 6.02. The van der Waals surface area contributed by atoms with Crippen molar-refractivity contribution in [3.63, 3.8) is 0 Å². The van der Waals surface area contributed by atoms with E-state index in [1.165, 1.54) is 6.07 Å². The predicted octanol–water partition coefficient (Wildman–Crippen LogP) is 3.11. The lowest BCUT2D eigenvalue weighted by molar-refractivity contribution is 0.475. The highest BCUT2D eigenvalue weighted by Crippen LogP contribution is 2.28. The number of hydrogen-bond donors (Lipinski definition) is 2. The Morgan fingerprint density at radius 3 is 2.44 bits per heavy atom. The fraction of sp³-hybridized carbons (Fsp3) is 0.308. The lowest BCUT2D eigenvalue weighted by Crippen LogP contribution is -2.12. The molecule has 0 saturated heterocycles. The second-order valence-electron chi connectivity index (χ2n) is 5.25. The summed E-state index contributed by atoms with van der Waals surface area (Å²) in [5.74, 6) is 0.587. The summed E-state index contributed by atoms with van der Waals surface area (Å²) in [6.07, 6.45) is 0. The predicted molar refractivity (Wildman–Crippen MR) is 73.4 cm³/mol. The number of nitrogens with zero attached hydrogens (tertiary/aromatic N) is 2. The Morgan fingerprint density at radius 1 is 1.28 bits per heavy atom. The first-order chi connectivity index (χ1) is 8.29. The van der Waals surface area contributed by atoms with Gasteiger partial charge in [-0.05, 0) is 18.2 Å². The van der Waals surface area contributed by atoms with Crippen molar-refractivity contribution in [2.45, 2.75) is 26.2 Å². The van der Waals surface area contributed by atoms with Crippen LogP contribution < -0.4 is 5.73 Å². The maximum absolute atomic E-state index is 9.40. The monoisotopic (exact) mass is 265 g/mol. The van der Waals surface area contributed by atoms with Crippen molar-refractivity contribution in [2.75, 3.05) is 5.73 Å². The number of phenols is 1. The summed E-state index contributed by atoms with van der Waals surface area (Å²) < 4.78 is 1.62. The van der Waals surface area contributed by atoms with Crippen molar-refractivity contribution in [2.24, 2.45) is 0 Å². The van der Waals surface area contributed by atoms with Gasteiger partial charge in [0.1, 0.15) is 11.6 Å². The third-order valence-electron chi connectivity index (χ3n) is 2.68. The minimum atomic E-state index is -0.0694. The smallest absolute Gasteiger partial charge is 0.134 e. The van der Waals surface area contributed by atoms with Crippen LogP contribution in [0.3, 0.4) is 0 Å². The molecule has 0 atom stereocenters. The van der Waals surface area contributed by atoms with Gasteiger partial charge in [-0.1, -0.05) is 32.4 Å². The standard InChI is InChI=1S/C13H16ClN3O/c1-13(2,3)11-7-12(15)17(16-11)8-4-5-10(18)9(14)6-8/h4-7,18H,15H2,1-3H3. The third-order valence-corrected chi connectivity index (χ3v) is 2.98. The van der Waals surface area contributed by atoms with Crippen LogP contribution in [0.5, 0.6) is 5.75 Å².